The number of likely N-dealkylation sites (N-methyl/N-ethyl adjacent to an activating group) is 1. The van der Waals surface area contributed by atoms with Crippen LogP contribution in [0.25, 0.3) is 0 Å². The zero-order valence-electron chi connectivity index (χ0n) is 9.27. The van der Waals surface area contributed by atoms with Gasteiger partial charge in [-0.1, -0.05) is 0 Å². The van der Waals surface area contributed by atoms with E-state index < -0.39 is 18.7 Å². The average molecular weight is 331 g/mol. The Morgan fingerprint density at radius 2 is 1.87 bits per heavy atom. The summed E-state index contributed by atoms with van der Waals surface area (Å²) in [7, 11) is 0. The van der Waals surface area contributed by atoms with Gasteiger partial charge in [0.05, 0.1) is 0 Å². The first kappa shape index (κ1) is 15.5. The molecule has 6 heteroatoms. The van der Waals surface area contributed by atoms with Gasteiger partial charge in [-0.3, -0.25) is 0 Å². The Labute approximate surface area is 103 Å². The molecule has 0 aliphatic heterocycles. The summed E-state index contributed by atoms with van der Waals surface area (Å²) in [4.78, 5) is 1.97. The molecule has 15 heavy (non-hydrogen) atoms. The van der Waals surface area contributed by atoms with E-state index in [0.29, 0.717) is 29.5 Å². The molecule has 2 nitrogen and oxygen atoms in total. The van der Waals surface area contributed by atoms with E-state index in [2.05, 4.69) is 0 Å². The van der Waals surface area contributed by atoms with Gasteiger partial charge in [0.25, 0.3) is 0 Å². The first-order valence-electron chi connectivity index (χ1n) is 4.93. The van der Waals surface area contributed by atoms with E-state index in [1.165, 1.54) is 0 Å². The van der Waals surface area contributed by atoms with E-state index in [9.17, 15) is 13.2 Å². The third-order valence-electron chi connectivity index (χ3n) is 2.20. The van der Waals surface area contributed by atoms with Crippen LogP contribution >= 0.6 is 0 Å². The molecular formula is C9H17F3NOSn. The van der Waals surface area contributed by atoms with Crippen LogP contribution < -0.4 is 0 Å². The van der Waals surface area contributed by atoms with Gasteiger partial charge in [0.1, 0.15) is 0 Å². The second-order valence-electron chi connectivity index (χ2n) is 3.74. The minimum absolute atomic E-state index is 0.247. The standard InChI is InChI=1S/C9H17F3NO.Sn/c1-4-13(7(2)3)6-8(14)5-9(10,11)12;/h7-8H,4-6H2,1-3H3;/q-1;+1. The van der Waals surface area contributed by atoms with Gasteiger partial charge in [-0.25, -0.2) is 0 Å². The molecule has 0 bridgehead atoms. The molecule has 0 aromatic rings. The number of nitrogens with zero attached hydrogens (tertiary/aromatic N) is 1. The fourth-order valence-corrected chi connectivity index (χ4v) is 1.82. The van der Waals surface area contributed by atoms with Crippen molar-refractivity contribution in [3.05, 3.63) is 0 Å². The summed E-state index contributed by atoms with van der Waals surface area (Å²) >= 11 is 0.688. The number of alkyl halides is 3. The van der Waals surface area contributed by atoms with Crippen molar-refractivity contribution in [1.82, 2.24) is 4.90 Å². The predicted molar refractivity (Wildman–Crippen MR) is 53.7 cm³/mol. The second kappa shape index (κ2) is 6.96. The summed E-state index contributed by atoms with van der Waals surface area (Å²) < 4.78 is 41.4. The van der Waals surface area contributed by atoms with Crippen LogP contribution in [0.1, 0.15) is 27.2 Å². The molecule has 0 aromatic carbocycles. The number of halogens is 3. The minimum atomic E-state index is -4.14. The molecule has 0 heterocycles. The molecular weight excluding hydrogens is 314 g/mol. The van der Waals surface area contributed by atoms with Crippen molar-refractivity contribution < 1.29 is 16.2 Å². The van der Waals surface area contributed by atoms with Crippen LogP contribution in [0.4, 0.5) is 13.2 Å². The van der Waals surface area contributed by atoms with E-state index in [1.54, 1.807) is 0 Å². The first-order valence-corrected chi connectivity index (χ1v) is 6.09. The van der Waals surface area contributed by atoms with Gasteiger partial charge in [0.2, 0.25) is 0 Å². The van der Waals surface area contributed by atoms with Gasteiger partial charge in [0, 0.05) is 0 Å². The zero-order chi connectivity index (χ0) is 12.1. The summed E-state index contributed by atoms with van der Waals surface area (Å²) in [6, 6.07) is 0.247. The summed E-state index contributed by atoms with van der Waals surface area (Å²) in [5.74, 6) is 0. The average Bonchev–Trinajstić information content (AvgIpc) is 2.09. The molecule has 0 aliphatic rings. The maximum atomic E-state index is 12.2. The normalized spacial score (nSPS) is 15.0. The Hall–Kier alpha value is 0.509. The van der Waals surface area contributed by atoms with Crippen LogP contribution in [-0.4, -0.2) is 59.3 Å². The molecule has 0 fully saturated rings. The third kappa shape index (κ3) is 7.41. The molecule has 3 radical (unpaired) electrons. The van der Waals surface area contributed by atoms with Crippen molar-refractivity contribution >= 4 is 22.9 Å². The molecule has 0 saturated heterocycles. The number of hydrogen-bond acceptors (Lipinski definition) is 2. The Morgan fingerprint density at radius 3 is 2.13 bits per heavy atom. The third-order valence-corrected chi connectivity index (χ3v) is 3.15. The van der Waals surface area contributed by atoms with Crippen molar-refractivity contribution in [2.24, 2.45) is 0 Å². The Balaban J connectivity index is 4.19. The van der Waals surface area contributed by atoms with E-state index in [4.69, 9.17) is 3.07 Å². The fraction of sp³-hybridized carbons (Fsp3) is 1.00. The Bertz CT molecular complexity index is 175. The molecule has 0 amide bonds. The van der Waals surface area contributed by atoms with Gasteiger partial charge in [-0.2, -0.15) is 0 Å². The molecule has 1 unspecified atom stereocenters. The second-order valence-corrected chi connectivity index (χ2v) is 4.41. The van der Waals surface area contributed by atoms with E-state index >= 15 is 0 Å². The van der Waals surface area contributed by atoms with Gasteiger partial charge in [0.15, 0.2) is 0 Å². The summed E-state index contributed by atoms with van der Waals surface area (Å²) in [5, 5.41) is 0. The van der Waals surface area contributed by atoms with Crippen molar-refractivity contribution in [2.75, 3.05) is 13.1 Å². The Kier molecular flexibility index (Phi) is 7.19. The van der Waals surface area contributed by atoms with Crippen molar-refractivity contribution in [3.8, 4) is 0 Å². The van der Waals surface area contributed by atoms with Gasteiger partial charge < -0.3 is 0 Å². The van der Waals surface area contributed by atoms with Gasteiger partial charge >= 0.3 is 103 Å². The molecule has 0 saturated carbocycles. The van der Waals surface area contributed by atoms with Crippen LogP contribution in [0.2, 0.25) is 0 Å². The summed E-state index contributed by atoms with van der Waals surface area (Å²) in [5.41, 5.74) is 0. The van der Waals surface area contributed by atoms with E-state index in [0.717, 1.165) is 6.54 Å². The van der Waals surface area contributed by atoms with Gasteiger partial charge in [-0.15, -0.1) is 0 Å². The maximum absolute atomic E-state index is 12.2. The molecule has 0 rings (SSSR count). The summed E-state index contributed by atoms with van der Waals surface area (Å²) in [6.45, 7) is 6.96. The van der Waals surface area contributed by atoms with Crippen LogP contribution in [0, 0.1) is 0 Å². The molecule has 0 spiro atoms. The van der Waals surface area contributed by atoms with E-state index in [1.807, 2.05) is 25.7 Å². The van der Waals surface area contributed by atoms with Crippen LogP contribution in [0.5, 0.6) is 0 Å². The van der Waals surface area contributed by atoms with Crippen LogP contribution in [0.3, 0.4) is 0 Å². The monoisotopic (exact) mass is 332 g/mol. The quantitative estimate of drug-likeness (QED) is 0.692. The van der Waals surface area contributed by atoms with Crippen molar-refractivity contribution in [3.63, 3.8) is 0 Å². The predicted octanol–water partition coefficient (Wildman–Crippen LogP) is 2.14. The topological polar surface area (TPSA) is 12.5 Å². The molecule has 0 aliphatic carbocycles. The zero-order valence-corrected chi connectivity index (χ0v) is 12.1. The van der Waals surface area contributed by atoms with Crippen molar-refractivity contribution in [1.29, 1.82) is 0 Å². The van der Waals surface area contributed by atoms with Crippen LogP contribution in [-0.2, 0) is 3.07 Å². The number of hydrogen-bond donors (Lipinski definition) is 0. The molecule has 0 aromatic heterocycles. The Morgan fingerprint density at radius 1 is 1.33 bits per heavy atom. The van der Waals surface area contributed by atoms with E-state index in [-0.39, 0.29) is 6.04 Å². The molecule has 89 valence electrons. The van der Waals surface area contributed by atoms with Crippen molar-refractivity contribution in [2.45, 2.75) is 45.5 Å². The van der Waals surface area contributed by atoms with Gasteiger partial charge in [-0.05, 0) is 0 Å². The fourth-order valence-electron chi connectivity index (χ4n) is 1.37. The number of rotatable bonds is 6. The van der Waals surface area contributed by atoms with Crippen LogP contribution in [0.15, 0.2) is 0 Å². The summed E-state index contributed by atoms with van der Waals surface area (Å²) in [6.07, 6.45) is -5.73. The first-order chi connectivity index (χ1) is 6.80. The molecule has 1 atom stereocenters. The SMILES string of the molecule is CCN(CC(CC(F)(F)F)[O][Sn])C(C)C. The molecule has 0 N–H and O–H groups in total.